The largest absolute Gasteiger partial charge is 0.486 e. The number of likely N-dealkylation sites (tertiary alicyclic amines) is 1. The summed E-state index contributed by atoms with van der Waals surface area (Å²) >= 11 is 0. The van der Waals surface area contributed by atoms with E-state index in [1.807, 2.05) is 23.1 Å². The number of carbonyl (C=O) groups excluding carboxylic acids is 2. The number of piperidine rings is 1. The Kier molecular flexibility index (Phi) is 5.91. The van der Waals surface area contributed by atoms with Gasteiger partial charge in [-0.15, -0.1) is 0 Å². The summed E-state index contributed by atoms with van der Waals surface area (Å²) in [5.41, 5.74) is 8.10. The Morgan fingerprint density at radius 2 is 1.88 bits per heavy atom. The van der Waals surface area contributed by atoms with Crippen molar-refractivity contribution in [2.75, 3.05) is 31.6 Å². The summed E-state index contributed by atoms with van der Waals surface area (Å²) in [5.74, 6) is 1.04. The molecule has 1 aromatic heterocycles. The van der Waals surface area contributed by atoms with Crippen LogP contribution in [0, 0.1) is 5.92 Å². The number of pyridine rings is 1. The van der Waals surface area contributed by atoms with Crippen LogP contribution < -0.4 is 25.6 Å². The number of aromatic nitrogens is 1. The third-order valence-corrected chi connectivity index (χ3v) is 6.22. The van der Waals surface area contributed by atoms with Gasteiger partial charge in [0.05, 0.1) is 5.92 Å². The molecule has 4 heterocycles. The van der Waals surface area contributed by atoms with Crippen LogP contribution in [0.1, 0.15) is 30.9 Å². The van der Waals surface area contributed by atoms with Crippen molar-refractivity contribution >= 4 is 17.5 Å². The van der Waals surface area contributed by atoms with Crippen molar-refractivity contribution in [3.05, 3.63) is 48.3 Å². The fraction of sp³-hybridized carbons (Fsp3) is 0.435. The molecule has 2 amide bonds. The van der Waals surface area contributed by atoms with Crippen LogP contribution in [0.2, 0.25) is 0 Å². The molecular formula is C23H27N5O4. The SMILES string of the molecule is O=C(Nc1ccc2c(c1)OCCO2)C1CCCN(C(=O)C2CC(c3ccncc3)NN2)C1. The standard InChI is InChI=1S/C23H27N5O4/c29-22(25-17-3-4-20-21(12-17)32-11-10-31-20)16-2-1-9-28(14-16)23(30)19-13-18(26-27-19)15-5-7-24-8-6-15/h3-8,12,16,18-19,26-27H,1-2,9-11,13-14H2,(H,25,29). The average molecular weight is 438 g/mol. The van der Waals surface area contributed by atoms with Crippen LogP contribution >= 0.6 is 0 Å². The Labute approximate surface area is 186 Å². The molecule has 0 radical (unpaired) electrons. The highest BCUT2D eigenvalue weighted by molar-refractivity contribution is 5.93. The third kappa shape index (κ3) is 4.39. The maximum atomic E-state index is 13.1. The average Bonchev–Trinajstić information content (AvgIpc) is 3.34. The molecule has 9 heteroatoms. The zero-order valence-corrected chi connectivity index (χ0v) is 17.8. The fourth-order valence-corrected chi connectivity index (χ4v) is 4.51. The van der Waals surface area contributed by atoms with E-state index in [0.717, 1.165) is 18.4 Å². The number of amides is 2. The quantitative estimate of drug-likeness (QED) is 0.668. The molecule has 2 saturated heterocycles. The Hall–Kier alpha value is -3.17. The second-order valence-corrected chi connectivity index (χ2v) is 8.38. The van der Waals surface area contributed by atoms with Crippen molar-refractivity contribution in [1.82, 2.24) is 20.7 Å². The molecule has 3 unspecified atom stereocenters. The zero-order valence-electron chi connectivity index (χ0n) is 17.8. The van der Waals surface area contributed by atoms with Crippen LogP contribution in [-0.4, -0.2) is 54.0 Å². The maximum Gasteiger partial charge on any atom is 0.241 e. The molecule has 3 N–H and O–H groups in total. The molecule has 1 aromatic carbocycles. The first-order valence-electron chi connectivity index (χ1n) is 11.1. The van der Waals surface area contributed by atoms with Gasteiger partial charge in [0.25, 0.3) is 0 Å². The number of fused-ring (bicyclic) bond motifs is 1. The lowest BCUT2D eigenvalue weighted by Crippen LogP contribution is -2.50. The number of rotatable bonds is 4. The highest BCUT2D eigenvalue weighted by atomic mass is 16.6. The molecule has 3 aliphatic rings. The van der Waals surface area contributed by atoms with Gasteiger partial charge in [0.2, 0.25) is 11.8 Å². The summed E-state index contributed by atoms with van der Waals surface area (Å²) in [4.78, 5) is 31.9. The smallest absolute Gasteiger partial charge is 0.241 e. The van der Waals surface area contributed by atoms with E-state index in [1.165, 1.54) is 0 Å². The van der Waals surface area contributed by atoms with Gasteiger partial charge in [0, 0.05) is 43.3 Å². The first-order valence-corrected chi connectivity index (χ1v) is 11.1. The van der Waals surface area contributed by atoms with Crippen molar-refractivity contribution in [1.29, 1.82) is 0 Å². The van der Waals surface area contributed by atoms with Crippen molar-refractivity contribution < 1.29 is 19.1 Å². The van der Waals surface area contributed by atoms with Gasteiger partial charge in [-0.25, -0.2) is 10.9 Å². The van der Waals surface area contributed by atoms with Crippen LogP contribution in [0.15, 0.2) is 42.7 Å². The van der Waals surface area contributed by atoms with Gasteiger partial charge in [0.15, 0.2) is 11.5 Å². The first kappa shape index (κ1) is 20.7. The molecule has 3 atom stereocenters. The van der Waals surface area contributed by atoms with E-state index in [9.17, 15) is 9.59 Å². The molecule has 168 valence electrons. The molecule has 0 aliphatic carbocycles. The van der Waals surface area contributed by atoms with Gasteiger partial charge in [-0.1, -0.05) is 0 Å². The molecule has 5 rings (SSSR count). The van der Waals surface area contributed by atoms with E-state index < -0.39 is 0 Å². The molecule has 32 heavy (non-hydrogen) atoms. The van der Waals surface area contributed by atoms with E-state index >= 15 is 0 Å². The summed E-state index contributed by atoms with van der Waals surface area (Å²) in [6.07, 6.45) is 5.73. The summed E-state index contributed by atoms with van der Waals surface area (Å²) in [6, 6.07) is 9.05. The Morgan fingerprint density at radius 3 is 2.72 bits per heavy atom. The molecule has 2 aromatic rings. The van der Waals surface area contributed by atoms with Gasteiger partial charge in [-0.3, -0.25) is 14.6 Å². The number of carbonyl (C=O) groups is 2. The monoisotopic (exact) mass is 437 g/mol. The van der Waals surface area contributed by atoms with Gasteiger partial charge in [0.1, 0.15) is 19.3 Å². The Morgan fingerprint density at radius 1 is 1.06 bits per heavy atom. The van der Waals surface area contributed by atoms with Crippen molar-refractivity contribution in [3.8, 4) is 11.5 Å². The summed E-state index contributed by atoms with van der Waals surface area (Å²) < 4.78 is 11.1. The van der Waals surface area contributed by atoms with Crippen molar-refractivity contribution in [2.24, 2.45) is 5.92 Å². The molecule has 0 spiro atoms. The van der Waals surface area contributed by atoms with E-state index in [1.54, 1.807) is 24.5 Å². The number of hydrogen-bond donors (Lipinski definition) is 3. The van der Waals surface area contributed by atoms with Gasteiger partial charge in [-0.2, -0.15) is 0 Å². The minimum atomic E-state index is -0.312. The molecule has 3 aliphatic heterocycles. The van der Waals surface area contributed by atoms with E-state index in [-0.39, 0.29) is 29.8 Å². The first-order chi connectivity index (χ1) is 15.7. The van der Waals surface area contributed by atoms with Crippen LogP contribution in [0.25, 0.3) is 0 Å². The number of anilines is 1. The second kappa shape index (κ2) is 9.13. The second-order valence-electron chi connectivity index (χ2n) is 8.38. The minimum absolute atomic E-state index is 0.0332. The summed E-state index contributed by atoms with van der Waals surface area (Å²) in [5, 5.41) is 2.97. The van der Waals surface area contributed by atoms with Crippen LogP contribution in [0.5, 0.6) is 11.5 Å². The lowest BCUT2D eigenvalue weighted by Gasteiger charge is -2.33. The van der Waals surface area contributed by atoms with Gasteiger partial charge in [-0.05, 0) is 49.1 Å². The number of hydrogen-bond acceptors (Lipinski definition) is 7. The lowest BCUT2D eigenvalue weighted by molar-refractivity contribution is -0.136. The molecule has 0 bridgehead atoms. The number of hydrazine groups is 1. The predicted molar refractivity (Wildman–Crippen MR) is 117 cm³/mol. The number of nitrogens with zero attached hydrogens (tertiary/aromatic N) is 2. The van der Waals surface area contributed by atoms with E-state index in [0.29, 0.717) is 49.9 Å². The van der Waals surface area contributed by atoms with Crippen LogP contribution in [0.3, 0.4) is 0 Å². The Bertz CT molecular complexity index is 986. The number of ether oxygens (including phenoxy) is 2. The van der Waals surface area contributed by atoms with Crippen LogP contribution in [-0.2, 0) is 9.59 Å². The third-order valence-electron chi connectivity index (χ3n) is 6.22. The number of benzene rings is 1. The summed E-state index contributed by atoms with van der Waals surface area (Å²) in [6.45, 7) is 2.12. The highest BCUT2D eigenvalue weighted by Gasteiger charge is 2.36. The molecular weight excluding hydrogens is 410 g/mol. The van der Waals surface area contributed by atoms with Crippen molar-refractivity contribution in [2.45, 2.75) is 31.3 Å². The lowest BCUT2D eigenvalue weighted by atomic mass is 9.95. The van der Waals surface area contributed by atoms with E-state index in [4.69, 9.17) is 9.47 Å². The fourth-order valence-electron chi connectivity index (χ4n) is 4.51. The Balaban J connectivity index is 1.18. The van der Waals surface area contributed by atoms with Crippen molar-refractivity contribution in [3.63, 3.8) is 0 Å². The summed E-state index contributed by atoms with van der Waals surface area (Å²) in [7, 11) is 0. The predicted octanol–water partition coefficient (Wildman–Crippen LogP) is 1.64. The normalized spacial score (nSPS) is 24.8. The number of nitrogens with one attached hydrogen (secondary N) is 3. The van der Waals surface area contributed by atoms with Gasteiger partial charge >= 0.3 is 0 Å². The minimum Gasteiger partial charge on any atom is -0.486 e. The zero-order chi connectivity index (χ0) is 21.9. The topological polar surface area (TPSA) is 105 Å². The van der Waals surface area contributed by atoms with E-state index in [2.05, 4.69) is 21.2 Å². The molecule has 0 saturated carbocycles. The molecule has 9 nitrogen and oxygen atoms in total. The van der Waals surface area contributed by atoms with Gasteiger partial charge < -0.3 is 19.7 Å². The highest BCUT2D eigenvalue weighted by Crippen LogP contribution is 2.33. The molecule has 2 fully saturated rings. The van der Waals surface area contributed by atoms with Crippen LogP contribution in [0.4, 0.5) is 5.69 Å². The maximum absolute atomic E-state index is 13.1.